The number of rotatable bonds is 5. The Morgan fingerprint density at radius 3 is 2.48 bits per heavy atom. The predicted octanol–water partition coefficient (Wildman–Crippen LogP) is 3.12. The van der Waals surface area contributed by atoms with E-state index < -0.39 is 0 Å². The first-order valence-corrected chi connectivity index (χ1v) is 7.12. The van der Waals surface area contributed by atoms with Gasteiger partial charge in [0.05, 0.1) is 5.52 Å². The SMILES string of the molecule is NCCCN(c1ccccc1)c1ncnc2ccccc12. The molecule has 2 aromatic carbocycles. The number of hydrogen-bond donors (Lipinski definition) is 1. The summed E-state index contributed by atoms with van der Waals surface area (Å²) in [4.78, 5) is 11.1. The van der Waals surface area contributed by atoms with Crippen LogP contribution < -0.4 is 10.6 Å². The van der Waals surface area contributed by atoms with Crippen LogP contribution in [0.3, 0.4) is 0 Å². The molecule has 3 aromatic rings. The Bertz CT molecular complexity index is 707. The number of benzene rings is 2. The molecule has 0 aliphatic carbocycles. The van der Waals surface area contributed by atoms with Gasteiger partial charge in [-0.3, -0.25) is 0 Å². The van der Waals surface area contributed by atoms with Crippen molar-refractivity contribution in [2.45, 2.75) is 6.42 Å². The Balaban J connectivity index is 2.10. The lowest BCUT2D eigenvalue weighted by Gasteiger charge is -2.24. The smallest absolute Gasteiger partial charge is 0.144 e. The summed E-state index contributed by atoms with van der Waals surface area (Å²) in [6.45, 7) is 1.49. The first kappa shape index (κ1) is 13.5. The number of aromatic nitrogens is 2. The van der Waals surface area contributed by atoms with Crippen molar-refractivity contribution in [3.05, 3.63) is 60.9 Å². The average Bonchev–Trinajstić information content (AvgIpc) is 2.56. The highest BCUT2D eigenvalue weighted by atomic mass is 15.2. The van der Waals surface area contributed by atoms with E-state index in [4.69, 9.17) is 5.73 Å². The van der Waals surface area contributed by atoms with Gasteiger partial charge < -0.3 is 10.6 Å². The largest absolute Gasteiger partial charge is 0.330 e. The zero-order chi connectivity index (χ0) is 14.5. The molecule has 2 N–H and O–H groups in total. The van der Waals surface area contributed by atoms with Gasteiger partial charge in [-0.1, -0.05) is 30.3 Å². The van der Waals surface area contributed by atoms with E-state index in [1.54, 1.807) is 6.33 Å². The highest BCUT2D eigenvalue weighted by Gasteiger charge is 2.13. The molecule has 0 aliphatic rings. The summed E-state index contributed by atoms with van der Waals surface area (Å²) >= 11 is 0. The van der Waals surface area contributed by atoms with Crippen LogP contribution in [0.5, 0.6) is 0 Å². The van der Waals surface area contributed by atoms with Gasteiger partial charge in [0.1, 0.15) is 12.1 Å². The molecule has 0 atom stereocenters. The standard InChI is InChI=1S/C17H18N4/c18-11-6-12-21(14-7-2-1-3-8-14)17-15-9-4-5-10-16(15)19-13-20-17/h1-5,7-10,13H,6,11-12,18H2. The van der Waals surface area contributed by atoms with Gasteiger partial charge in [-0.25, -0.2) is 9.97 Å². The molecule has 0 fully saturated rings. The monoisotopic (exact) mass is 278 g/mol. The van der Waals surface area contributed by atoms with E-state index >= 15 is 0 Å². The van der Waals surface area contributed by atoms with Crippen LogP contribution in [-0.4, -0.2) is 23.1 Å². The van der Waals surface area contributed by atoms with Crippen LogP contribution in [0.25, 0.3) is 10.9 Å². The van der Waals surface area contributed by atoms with Crippen molar-refractivity contribution < 1.29 is 0 Å². The van der Waals surface area contributed by atoms with E-state index in [-0.39, 0.29) is 0 Å². The van der Waals surface area contributed by atoms with Gasteiger partial charge in [0, 0.05) is 17.6 Å². The normalized spacial score (nSPS) is 10.7. The summed E-state index contributed by atoms with van der Waals surface area (Å²) in [7, 11) is 0. The van der Waals surface area contributed by atoms with E-state index in [2.05, 4.69) is 33.1 Å². The fourth-order valence-corrected chi connectivity index (χ4v) is 2.42. The summed E-state index contributed by atoms with van der Waals surface area (Å²) < 4.78 is 0. The van der Waals surface area contributed by atoms with Gasteiger partial charge in [0.15, 0.2) is 0 Å². The van der Waals surface area contributed by atoms with Gasteiger partial charge in [-0.2, -0.15) is 0 Å². The summed E-state index contributed by atoms with van der Waals surface area (Å²) in [6, 6.07) is 18.3. The fraction of sp³-hybridized carbons (Fsp3) is 0.176. The molecule has 0 spiro atoms. The van der Waals surface area contributed by atoms with Crippen LogP contribution in [0.4, 0.5) is 11.5 Å². The van der Waals surface area contributed by atoms with Crippen molar-refractivity contribution in [3.8, 4) is 0 Å². The Labute approximate surface area is 124 Å². The van der Waals surface area contributed by atoms with Crippen LogP contribution in [0.2, 0.25) is 0 Å². The molecule has 0 aliphatic heterocycles. The second kappa shape index (κ2) is 6.33. The molecule has 1 aromatic heterocycles. The zero-order valence-electron chi connectivity index (χ0n) is 11.8. The van der Waals surface area contributed by atoms with Gasteiger partial charge in [-0.15, -0.1) is 0 Å². The van der Waals surface area contributed by atoms with Crippen LogP contribution in [0, 0.1) is 0 Å². The van der Waals surface area contributed by atoms with Crippen LogP contribution >= 0.6 is 0 Å². The summed E-state index contributed by atoms with van der Waals surface area (Å²) in [5.41, 5.74) is 7.76. The second-order valence-corrected chi connectivity index (χ2v) is 4.84. The minimum absolute atomic E-state index is 0.659. The molecule has 3 rings (SSSR count). The molecule has 0 saturated heterocycles. The predicted molar refractivity (Wildman–Crippen MR) is 86.7 cm³/mol. The van der Waals surface area contributed by atoms with Gasteiger partial charge >= 0.3 is 0 Å². The highest BCUT2D eigenvalue weighted by molar-refractivity contribution is 5.91. The average molecular weight is 278 g/mol. The minimum Gasteiger partial charge on any atom is -0.330 e. The lowest BCUT2D eigenvalue weighted by Crippen LogP contribution is -2.22. The third-order valence-electron chi connectivity index (χ3n) is 3.43. The molecule has 4 heteroatoms. The van der Waals surface area contributed by atoms with Crippen molar-refractivity contribution in [1.82, 2.24) is 9.97 Å². The van der Waals surface area contributed by atoms with Gasteiger partial charge in [0.25, 0.3) is 0 Å². The van der Waals surface area contributed by atoms with E-state index in [1.807, 2.05) is 36.4 Å². The molecule has 0 bridgehead atoms. The molecule has 1 heterocycles. The van der Waals surface area contributed by atoms with Gasteiger partial charge in [0.2, 0.25) is 0 Å². The fourth-order valence-electron chi connectivity index (χ4n) is 2.42. The van der Waals surface area contributed by atoms with Crippen molar-refractivity contribution in [2.75, 3.05) is 18.0 Å². The maximum atomic E-state index is 5.69. The Morgan fingerprint density at radius 2 is 1.67 bits per heavy atom. The number of fused-ring (bicyclic) bond motifs is 1. The number of anilines is 2. The molecule has 0 unspecified atom stereocenters. The quantitative estimate of drug-likeness (QED) is 0.779. The lowest BCUT2D eigenvalue weighted by molar-refractivity contribution is 0.811. The first-order valence-electron chi connectivity index (χ1n) is 7.12. The maximum absolute atomic E-state index is 5.69. The van der Waals surface area contributed by atoms with Crippen LogP contribution in [-0.2, 0) is 0 Å². The van der Waals surface area contributed by atoms with Crippen LogP contribution in [0.15, 0.2) is 60.9 Å². The molecule has 0 radical (unpaired) electrons. The number of nitrogens with two attached hydrogens (primary N) is 1. The first-order chi connectivity index (χ1) is 10.4. The molecular weight excluding hydrogens is 260 g/mol. The Morgan fingerprint density at radius 1 is 0.905 bits per heavy atom. The van der Waals surface area contributed by atoms with Crippen molar-refractivity contribution >= 4 is 22.4 Å². The second-order valence-electron chi connectivity index (χ2n) is 4.84. The number of nitrogens with zero attached hydrogens (tertiary/aromatic N) is 3. The van der Waals surface area contributed by atoms with E-state index in [0.717, 1.165) is 35.4 Å². The molecule has 21 heavy (non-hydrogen) atoms. The Hall–Kier alpha value is -2.46. The van der Waals surface area contributed by atoms with E-state index in [1.165, 1.54) is 0 Å². The van der Waals surface area contributed by atoms with Crippen LogP contribution in [0.1, 0.15) is 6.42 Å². The number of hydrogen-bond acceptors (Lipinski definition) is 4. The topological polar surface area (TPSA) is 55.0 Å². The third-order valence-corrected chi connectivity index (χ3v) is 3.43. The summed E-state index contributed by atoms with van der Waals surface area (Å²) in [5.74, 6) is 0.931. The third kappa shape index (κ3) is 2.85. The minimum atomic E-state index is 0.659. The molecule has 0 saturated carbocycles. The lowest BCUT2D eigenvalue weighted by atomic mass is 10.2. The zero-order valence-corrected chi connectivity index (χ0v) is 11.8. The van der Waals surface area contributed by atoms with Crippen molar-refractivity contribution in [2.24, 2.45) is 5.73 Å². The maximum Gasteiger partial charge on any atom is 0.144 e. The molecule has 106 valence electrons. The Kier molecular flexibility index (Phi) is 4.07. The van der Waals surface area contributed by atoms with Crippen molar-refractivity contribution in [3.63, 3.8) is 0 Å². The number of para-hydroxylation sites is 2. The van der Waals surface area contributed by atoms with E-state index in [0.29, 0.717) is 6.54 Å². The summed E-state index contributed by atoms with van der Waals surface area (Å²) in [5, 5.41) is 1.06. The molecular formula is C17H18N4. The summed E-state index contributed by atoms with van der Waals surface area (Å²) in [6.07, 6.45) is 2.53. The van der Waals surface area contributed by atoms with Crippen molar-refractivity contribution in [1.29, 1.82) is 0 Å². The van der Waals surface area contributed by atoms with Gasteiger partial charge in [-0.05, 0) is 37.2 Å². The molecule has 4 nitrogen and oxygen atoms in total. The highest BCUT2D eigenvalue weighted by Crippen LogP contribution is 2.29. The molecule has 0 amide bonds. The van der Waals surface area contributed by atoms with E-state index in [9.17, 15) is 0 Å².